The van der Waals surface area contributed by atoms with E-state index in [0.29, 0.717) is 5.75 Å². The molecule has 0 aromatic heterocycles. The second-order valence-electron chi connectivity index (χ2n) is 4.47. The van der Waals surface area contributed by atoms with Crippen LogP contribution in [0.15, 0.2) is 52.7 Å². The highest BCUT2D eigenvalue weighted by atomic mass is 32.2. The smallest absolute Gasteiger partial charge is 0.190 e. The van der Waals surface area contributed by atoms with Crippen LogP contribution in [0.1, 0.15) is 11.1 Å². The van der Waals surface area contributed by atoms with Gasteiger partial charge >= 0.3 is 0 Å². The Labute approximate surface area is 137 Å². The van der Waals surface area contributed by atoms with Gasteiger partial charge in [0.2, 0.25) is 0 Å². The minimum atomic E-state index is -0.802. The molecule has 2 rings (SSSR count). The molecule has 0 saturated heterocycles. The standard InChI is InChI=1S/C16H15F2N3OS/c1-22-15-13(17)7-12(8-14(15)18)9-20-21-16(19)23-10-11-5-3-2-4-6-11/h2-9H,10H2,1H3,(H2,19,21). The summed E-state index contributed by atoms with van der Waals surface area (Å²) in [6.45, 7) is 0. The second-order valence-corrected chi connectivity index (χ2v) is 5.47. The zero-order valence-corrected chi connectivity index (χ0v) is 13.2. The first-order chi connectivity index (χ1) is 11.1. The SMILES string of the molecule is COc1c(F)cc(C=NN=C(N)SCc2ccccc2)cc1F. The van der Waals surface area contributed by atoms with Crippen molar-refractivity contribution in [2.24, 2.45) is 15.9 Å². The Morgan fingerprint density at radius 3 is 2.48 bits per heavy atom. The van der Waals surface area contributed by atoms with Crippen molar-refractivity contribution in [1.29, 1.82) is 0 Å². The number of hydrogen-bond donors (Lipinski definition) is 1. The van der Waals surface area contributed by atoms with Crippen LogP contribution in [0.3, 0.4) is 0 Å². The van der Waals surface area contributed by atoms with Gasteiger partial charge in [0.25, 0.3) is 0 Å². The third-order valence-electron chi connectivity index (χ3n) is 2.82. The Kier molecular flexibility index (Phi) is 6.10. The van der Waals surface area contributed by atoms with Crippen LogP contribution >= 0.6 is 11.8 Å². The Hall–Kier alpha value is -2.41. The molecule has 0 unspecified atom stereocenters. The third kappa shape index (κ3) is 5.07. The van der Waals surface area contributed by atoms with Crippen molar-refractivity contribution in [3.8, 4) is 5.75 Å². The summed E-state index contributed by atoms with van der Waals surface area (Å²) in [7, 11) is 1.20. The maximum atomic E-state index is 13.5. The molecule has 0 amide bonds. The predicted molar refractivity (Wildman–Crippen MR) is 89.9 cm³/mol. The summed E-state index contributed by atoms with van der Waals surface area (Å²) in [6, 6.07) is 12.0. The molecule has 0 heterocycles. The first-order valence-corrected chi connectivity index (χ1v) is 7.65. The second kappa shape index (κ2) is 8.28. The number of nitrogens with zero attached hydrogens (tertiary/aromatic N) is 2. The fraction of sp³-hybridized carbons (Fsp3) is 0.125. The van der Waals surface area contributed by atoms with E-state index in [2.05, 4.69) is 14.9 Å². The molecule has 2 aromatic rings. The molecule has 120 valence electrons. The number of amidine groups is 1. The van der Waals surface area contributed by atoms with Crippen LogP contribution in [0.4, 0.5) is 8.78 Å². The Morgan fingerprint density at radius 1 is 1.22 bits per heavy atom. The lowest BCUT2D eigenvalue weighted by molar-refractivity contribution is 0.360. The van der Waals surface area contributed by atoms with E-state index < -0.39 is 17.4 Å². The summed E-state index contributed by atoms with van der Waals surface area (Å²) in [5.41, 5.74) is 7.06. The van der Waals surface area contributed by atoms with Crippen LogP contribution in [0.25, 0.3) is 0 Å². The van der Waals surface area contributed by atoms with Crippen LogP contribution in [-0.4, -0.2) is 18.5 Å². The van der Waals surface area contributed by atoms with E-state index >= 15 is 0 Å². The Bertz CT molecular complexity index is 698. The topological polar surface area (TPSA) is 60.0 Å². The molecule has 0 aliphatic rings. The molecule has 0 fully saturated rings. The fourth-order valence-electron chi connectivity index (χ4n) is 1.76. The quantitative estimate of drug-likeness (QED) is 0.516. The minimum absolute atomic E-state index is 0.227. The van der Waals surface area contributed by atoms with Gasteiger partial charge in [0.15, 0.2) is 22.6 Å². The molecule has 7 heteroatoms. The van der Waals surface area contributed by atoms with Crippen LogP contribution in [-0.2, 0) is 5.75 Å². The van der Waals surface area contributed by atoms with E-state index in [1.165, 1.54) is 25.1 Å². The van der Waals surface area contributed by atoms with E-state index in [0.717, 1.165) is 17.7 Å². The maximum Gasteiger partial charge on any atom is 0.190 e. The molecule has 23 heavy (non-hydrogen) atoms. The lowest BCUT2D eigenvalue weighted by atomic mass is 10.2. The van der Waals surface area contributed by atoms with Crippen LogP contribution < -0.4 is 10.5 Å². The molecule has 0 radical (unpaired) electrons. The first kappa shape index (κ1) is 17.0. The highest BCUT2D eigenvalue weighted by Gasteiger charge is 2.10. The van der Waals surface area contributed by atoms with Crippen LogP contribution in [0.5, 0.6) is 5.75 Å². The first-order valence-electron chi connectivity index (χ1n) is 6.66. The van der Waals surface area contributed by atoms with Crippen molar-refractivity contribution in [3.63, 3.8) is 0 Å². The van der Waals surface area contributed by atoms with Crippen molar-refractivity contribution in [2.45, 2.75) is 5.75 Å². The van der Waals surface area contributed by atoms with E-state index in [4.69, 9.17) is 5.73 Å². The van der Waals surface area contributed by atoms with Crippen molar-refractivity contribution in [2.75, 3.05) is 7.11 Å². The van der Waals surface area contributed by atoms with Gasteiger partial charge in [-0.3, -0.25) is 0 Å². The van der Waals surface area contributed by atoms with Gasteiger partial charge in [-0.25, -0.2) is 8.78 Å². The van der Waals surface area contributed by atoms with Crippen molar-refractivity contribution in [3.05, 3.63) is 65.2 Å². The molecule has 0 spiro atoms. The highest BCUT2D eigenvalue weighted by molar-refractivity contribution is 8.13. The van der Waals surface area contributed by atoms with E-state index in [1.807, 2.05) is 30.3 Å². The lowest BCUT2D eigenvalue weighted by Crippen LogP contribution is -2.06. The van der Waals surface area contributed by atoms with E-state index in [9.17, 15) is 8.78 Å². The number of halogens is 2. The monoisotopic (exact) mass is 335 g/mol. The average Bonchev–Trinajstić information content (AvgIpc) is 2.54. The molecule has 2 N–H and O–H groups in total. The van der Waals surface area contributed by atoms with Gasteiger partial charge in [0.1, 0.15) is 0 Å². The van der Waals surface area contributed by atoms with Gasteiger partial charge in [-0.2, -0.15) is 5.10 Å². The number of thioether (sulfide) groups is 1. The summed E-state index contributed by atoms with van der Waals surface area (Å²) in [4.78, 5) is 0. The largest absolute Gasteiger partial charge is 0.491 e. The van der Waals surface area contributed by atoms with E-state index in [1.54, 1.807) is 0 Å². The van der Waals surface area contributed by atoms with Gasteiger partial charge in [-0.1, -0.05) is 42.1 Å². The fourth-order valence-corrected chi connectivity index (χ4v) is 2.37. The average molecular weight is 335 g/mol. The molecule has 0 aliphatic heterocycles. The summed E-state index contributed by atoms with van der Waals surface area (Å²) in [5.74, 6) is -1.37. The molecule has 0 aliphatic carbocycles. The van der Waals surface area contributed by atoms with Gasteiger partial charge < -0.3 is 10.5 Å². The van der Waals surface area contributed by atoms with Gasteiger partial charge in [0, 0.05) is 11.3 Å². The van der Waals surface area contributed by atoms with Gasteiger partial charge in [-0.05, 0) is 17.7 Å². The van der Waals surface area contributed by atoms with Crippen molar-refractivity contribution < 1.29 is 13.5 Å². The van der Waals surface area contributed by atoms with E-state index in [-0.39, 0.29) is 10.7 Å². The maximum absolute atomic E-state index is 13.5. The summed E-state index contributed by atoms with van der Waals surface area (Å²) < 4.78 is 31.6. The number of rotatable bonds is 5. The summed E-state index contributed by atoms with van der Waals surface area (Å²) in [5, 5.41) is 7.79. The van der Waals surface area contributed by atoms with Gasteiger partial charge in [-0.15, -0.1) is 5.10 Å². The minimum Gasteiger partial charge on any atom is -0.491 e. The molecule has 0 saturated carbocycles. The zero-order valence-electron chi connectivity index (χ0n) is 12.4. The highest BCUT2D eigenvalue weighted by Crippen LogP contribution is 2.22. The number of nitrogens with two attached hydrogens (primary N) is 1. The lowest BCUT2D eigenvalue weighted by Gasteiger charge is -2.03. The summed E-state index contributed by atoms with van der Waals surface area (Å²) >= 11 is 1.32. The number of hydrogen-bond acceptors (Lipinski definition) is 4. The molecule has 0 bridgehead atoms. The molecule has 2 aromatic carbocycles. The molecular formula is C16H15F2N3OS. The molecule has 4 nitrogen and oxygen atoms in total. The number of methoxy groups -OCH3 is 1. The third-order valence-corrected chi connectivity index (χ3v) is 3.67. The molecular weight excluding hydrogens is 320 g/mol. The summed E-state index contributed by atoms with van der Waals surface area (Å²) in [6.07, 6.45) is 1.22. The van der Waals surface area contributed by atoms with Crippen LogP contribution in [0.2, 0.25) is 0 Å². The zero-order chi connectivity index (χ0) is 16.7. The van der Waals surface area contributed by atoms with Crippen molar-refractivity contribution in [1.82, 2.24) is 0 Å². The normalized spacial score (nSPS) is 11.9. The predicted octanol–water partition coefficient (Wildman–Crippen LogP) is 3.56. The Morgan fingerprint density at radius 2 is 1.87 bits per heavy atom. The van der Waals surface area contributed by atoms with Crippen LogP contribution in [0, 0.1) is 11.6 Å². The van der Waals surface area contributed by atoms with Crippen molar-refractivity contribution >= 4 is 23.1 Å². The number of ether oxygens (including phenoxy) is 1. The molecule has 0 atom stereocenters. The Balaban J connectivity index is 1.97. The van der Waals surface area contributed by atoms with Gasteiger partial charge in [0.05, 0.1) is 13.3 Å². The number of benzene rings is 2.